The molecule has 2 aliphatic carbocycles. The van der Waals surface area contributed by atoms with Crippen molar-refractivity contribution in [1.82, 2.24) is 9.62 Å². The topological polar surface area (TPSA) is 58.6 Å². The summed E-state index contributed by atoms with van der Waals surface area (Å²) >= 11 is 7.09. The van der Waals surface area contributed by atoms with Crippen molar-refractivity contribution in [3.63, 3.8) is 0 Å². The van der Waals surface area contributed by atoms with Crippen LogP contribution in [0.15, 0.2) is 40.6 Å². The monoisotopic (exact) mass is 492 g/mol. The molecule has 1 aliphatic heterocycles. The van der Waals surface area contributed by atoms with Crippen LogP contribution in [0, 0.1) is 11.8 Å². The maximum absolute atomic E-state index is 12.9. The lowest BCUT2D eigenvalue weighted by atomic mass is 9.92. The average Bonchev–Trinajstić information content (AvgIpc) is 3.33. The molecular formula is C24H29ClN2O3S2. The third-order valence-corrected chi connectivity index (χ3v) is 10.2. The molecule has 1 saturated carbocycles. The third-order valence-electron chi connectivity index (χ3n) is 7.00. The molecule has 8 heteroatoms. The molecule has 0 unspecified atom stereocenters. The Bertz CT molecular complexity index is 1090. The smallest absolute Gasteiger partial charge is 0.250 e. The Hall–Kier alpha value is -1.22. The van der Waals surface area contributed by atoms with Crippen molar-refractivity contribution in [3.05, 3.63) is 57.4 Å². The Balaban J connectivity index is 1.28. The largest absolute Gasteiger partial charge is 0.379 e. The minimum Gasteiger partial charge on any atom is -0.379 e. The van der Waals surface area contributed by atoms with E-state index in [9.17, 15) is 8.42 Å². The van der Waals surface area contributed by atoms with E-state index in [1.807, 2.05) is 0 Å². The first kappa shape index (κ1) is 22.6. The summed E-state index contributed by atoms with van der Waals surface area (Å²) in [6.07, 6.45) is 8.44. The zero-order valence-electron chi connectivity index (χ0n) is 18.0. The fourth-order valence-corrected chi connectivity index (χ4v) is 8.20. The second-order valence-corrected chi connectivity index (χ2v) is 12.7. The molecule has 2 aromatic rings. The highest BCUT2D eigenvalue weighted by Gasteiger charge is 2.41. The summed E-state index contributed by atoms with van der Waals surface area (Å²) in [5, 5.41) is 0. The number of fused-ring (bicyclic) bond motifs is 3. The average molecular weight is 493 g/mol. The summed E-state index contributed by atoms with van der Waals surface area (Å²) in [5.41, 5.74) is 3.96. The van der Waals surface area contributed by atoms with Gasteiger partial charge in [-0.3, -0.25) is 4.90 Å². The molecule has 5 nitrogen and oxygen atoms in total. The molecule has 172 valence electrons. The highest BCUT2D eigenvalue weighted by atomic mass is 35.5. The van der Waals surface area contributed by atoms with Gasteiger partial charge in [-0.25, -0.2) is 13.1 Å². The molecule has 2 heterocycles. The van der Waals surface area contributed by atoms with Crippen LogP contribution in [0.3, 0.4) is 0 Å². The standard InChI is InChI=1S/C24H29ClN2O3S2/c25-22-7-8-23(31-22)32(28,29)26-24-19-5-6-20(24)16-21-14-17(3-4-18(21)15-19)2-1-9-27-10-12-30-13-11-27/h1-4,7-8,14,19-20,24,26H,5-6,9-13,15-16H2/b2-1+/t19-,20+,24+/m1/s1. The van der Waals surface area contributed by atoms with Crippen LogP contribution < -0.4 is 4.72 Å². The molecule has 2 bridgehead atoms. The van der Waals surface area contributed by atoms with Gasteiger partial charge in [-0.1, -0.05) is 42.0 Å². The molecule has 0 spiro atoms. The summed E-state index contributed by atoms with van der Waals surface area (Å²) in [6.45, 7) is 4.57. The number of benzene rings is 1. The first-order valence-electron chi connectivity index (χ1n) is 11.3. The maximum atomic E-state index is 12.9. The quantitative estimate of drug-likeness (QED) is 0.656. The first-order valence-corrected chi connectivity index (χ1v) is 14.0. The Labute approximate surface area is 199 Å². The van der Waals surface area contributed by atoms with Gasteiger partial charge >= 0.3 is 0 Å². The summed E-state index contributed by atoms with van der Waals surface area (Å²) in [5.74, 6) is 0.674. The highest BCUT2D eigenvalue weighted by Crippen LogP contribution is 2.41. The van der Waals surface area contributed by atoms with Gasteiger partial charge in [-0.05, 0) is 66.3 Å². The molecule has 0 amide bonds. The second-order valence-electron chi connectivity index (χ2n) is 9.05. The van der Waals surface area contributed by atoms with E-state index in [-0.39, 0.29) is 6.04 Å². The van der Waals surface area contributed by atoms with Gasteiger partial charge in [0.15, 0.2) is 0 Å². The van der Waals surface area contributed by atoms with E-state index in [0.717, 1.165) is 69.9 Å². The maximum Gasteiger partial charge on any atom is 0.250 e. The first-order chi connectivity index (χ1) is 15.5. The fraction of sp³-hybridized carbons (Fsp3) is 0.500. The van der Waals surface area contributed by atoms with Crippen molar-refractivity contribution in [1.29, 1.82) is 0 Å². The van der Waals surface area contributed by atoms with Crippen LogP contribution in [0.4, 0.5) is 0 Å². The SMILES string of the molecule is O=S(=O)(N[C@H]1[C@@H]2CC[C@H]1Cc1cc(/C=C/CN3CCOCC3)ccc1C2)c1ccc(Cl)s1. The number of ether oxygens (including phenoxy) is 1. The van der Waals surface area contributed by atoms with E-state index < -0.39 is 10.0 Å². The number of hydrogen-bond acceptors (Lipinski definition) is 5. The molecule has 1 N–H and O–H groups in total. The summed E-state index contributed by atoms with van der Waals surface area (Å²) in [6, 6.07) is 9.96. The van der Waals surface area contributed by atoms with Gasteiger partial charge in [-0.15, -0.1) is 11.3 Å². The predicted molar refractivity (Wildman–Crippen MR) is 130 cm³/mol. The second kappa shape index (κ2) is 9.57. The normalized spacial score (nSPS) is 26.3. The van der Waals surface area contributed by atoms with Gasteiger partial charge in [-0.2, -0.15) is 0 Å². The lowest BCUT2D eigenvalue weighted by molar-refractivity contribution is 0.0435. The van der Waals surface area contributed by atoms with Crippen molar-refractivity contribution < 1.29 is 13.2 Å². The van der Waals surface area contributed by atoms with Gasteiger partial charge in [0.25, 0.3) is 0 Å². The number of nitrogens with zero attached hydrogens (tertiary/aromatic N) is 1. The van der Waals surface area contributed by atoms with Gasteiger partial charge in [0.1, 0.15) is 4.21 Å². The molecule has 32 heavy (non-hydrogen) atoms. The molecule has 1 aromatic carbocycles. The zero-order valence-corrected chi connectivity index (χ0v) is 20.4. The molecule has 3 aliphatic rings. The van der Waals surface area contributed by atoms with Crippen molar-refractivity contribution in [3.8, 4) is 0 Å². The highest BCUT2D eigenvalue weighted by molar-refractivity contribution is 7.91. The number of thiophene rings is 1. The molecule has 0 radical (unpaired) electrons. The van der Waals surface area contributed by atoms with E-state index >= 15 is 0 Å². The fourth-order valence-electron chi connectivity index (χ4n) is 5.33. The molecule has 1 saturated heterocycles. The zero-order chi connectivity index (χ0) is 22.1. The van der Waals surface area contributed by atoms with Gasteiger partial charge in [0.2, 0.25) is 10.0 Å². The molecule has 5 rings (SSSR count). The van der Waals surface area contributed by atoms with E-state index in [1.165, 1.54) is 16.7 Å². The van der Waals surface area contributed by atoms with Crippen molar-refractivity contribution in [2.24, 2.45) is 11.8 Å². The lowest BCUT2D eigenvalue weighted by Gasteiger charge is -2.25. The lowest BCUT2D eigenvalue weighted by Crippen LogP contribution is -2.41. The molecule has 3 atom stereocenters. The van der Waals surface area contributed by atoms with Crippen LogP contribution in [0.1, 0.15) is 29.5 Å². The number of hydrogen-bond donors (Lipinski definition) is 1. The van der Waals surface area contributed by atoms with Crippen LogP contribution in [0.5, 0.6) is 0 Å². The van der Waals surface area contributed by atoms with Crippen molar-refractivity contribution >= 4 is 39.0 Å². The van der Waals surface area contributed by atoms with E-state index in [1.54, 1.807) is 12.1 Å². The third kappa shape index (κ3) is 4.98. The Morgan fingerprint density at radius 1 is 1.09 bits per heavy atom. The summed E-state index contributed by atoms with van der Waals surface area (Å²) in [4.78, 5) is 2.40. The van der Waals surface area contributed by atoms with Crippen LogP contribution in [-0.2, 0) is 27.6 Å². The molecular weight excluding hydrogens is 464 g/mol. The number of morpholine rings is 1. The van der Waals surface area contributed by atoms with Crippen LogP contribution in [0.2, 0.25) is 4.34 Å². The minimum absolute atomic E-state index is 0.0198. The number of rotatable bonds is 6. The predicted octanol–water partition coefficient (Wildman–Crippen LogP) is 4.22. The Kier molecular flexibility index (Phi) is 6.75. The van der Waals surface area contributed by atoms with Gasteiger partial charge in [0.05, 0.1) is 17.6 Å². The van der Waals surface area contributed by atoms with E-state index in [0.29, 0.717) is 20.4 Å². The minimum atomic E-state index is -3.54. The summed E-state index contributed by atoms with van der Waals surface area (Å²) in [7, 11) is -3.54. The number of halogens is 1. The van der Waals surface area contributed by atoms with Crippen LogP contribution in [0.25, 0.3) is 6.08 Å². The van der Waals surface area contributed by atoms with Crippen molar-refractivity contribution in [2.75, 3.05) is 32.8 Å². The number of sulfonamides is 1. The van der Waals surface area contributed by atoms with Crippen molar-refractivity contribution in [2.45, 2.75) is 35.9 Å². The van der Waals surface area contributed by atoms with Crippen LogP contribution in [-0.4, -0.2) is 52.2 Å². The van der Waals surface area contributed by atoms with E-state index in [4.69, 9.17) is 16.3 Å². The van der Waals surface area contributed by atoms with E-state index in [2.05, 4.69) is 40.0 Å². The Morgan fingerprint density at radius 2 is 1.84 bits per heavy atom. The number of nitrogens with one attached hydrogen (secondary N) is 1. The van der Waals surface area contributed by atoms with Gasteiger partial charge < -0.3 is 4.74 Å². The van der Waals surface area contributed by atoms with Gasteiger partial charge in [0, 0.05) is 25.7 Å². The summed E-state index contributed by atoms with van der Waals surface area (Å²) < 4.78 is 35.1. The molecule has 2 fully saturated rings. The molecule has 1 aromatic heterocycles. The van der Waals surface area contributed by atoms with Crippen LogP contribution >= 0.6 is 22.9 Å². The Morgan fingerprint density at radius 3 is 2.56 bits per heavy atom.